The molecule has 0 atom stereocenters. The number of hydrogen-bond acceptors (Lipinski definition) is 3. The maximum absolute atomic E-state index is 13.6. The summed E-state index contributed by atoms with van der Waals surface area (Å²) in [5.41, 5.74) is 1.55. The SMILES string of the molecule is Cc1csc(Cn2c(=S)[nH]c3c(F)cc(F)cc32)n1. The lowest BCUT2D eigenvalue weighted by molar-refractivity contribution is 0.590. The van der Waals surface area contributed by atoms with Gasteiger partial charge in [-0.05, 0) is 25.2 Å². The lowest BCUT2D eigenvalue weighted by atomic mass is 10.3. The van der Waals surface area contributed by atoms with E-state index in [-0.39, 0.29) is 5.52 Å². The molecule has 1 aromatic carbocycles. The maximum Gasteiger partial charge on any atom is 0.178 e. The van der Waals surface area contributed by atoms with Gasteiger partial charge in [-0.15, -0.1) is 11.3 Å². The van der Waals surface area contributed by atoms with Crippen LogP contribution in [0, 0.1) is 23.3 Å². The first kappa shape index (κ1) is 12.4. The fourth-order valence-corrected chi connectivity index (χ4v) is 2.97. The summed E-state index contributed by atoms with van der Waals surface area (Å²) in [5.74, 6) is -1.27. The first-order valence-electron chi connectivity index (χ1n) is 5.53. The Bertz CT molecular complexity index is 816. The molecular weight excluding hydrogens is 288 g/mol. The van der Waals surface area contributed by atoms with Crippen LogP contribution in [0.4, 0.5) is 8.78 Å². The Morgan fingerprint density at radius 3 is 2.89 bits per heavy atom. The van der Waals surface area contributed by atoms with Crippen LogP contribution in [0.1, 0.15) is 10.7 Å². The number of aromatic amines is 1. The average molecular weight is 297 g/mol. The van der Waals surface area contributed by atoms with E-state index >= 15 is 0 Å². The van der Waals surface area contributed by atoms with E-state index in [9.17, 15) is 8.78 Å². The fourth-order valence-electron chi connectivity index (χ4n) is 1.95. The molecule has 0 bridgehead atoms. The van der Waals surface area contributed by atoms with Gasteiger partial charge in [-0.25, -0.2) is 13.8 Å². The number of hydrogen-bond donors (Lipinski definition) is 1. The predicted molar refractivity (Wildman–Crippen MR) is 73.0 cm³/mol. The van der Waals surface area contributed by atoms with Gasteiger partial charge >= 0.3 is 0 Å². The summed E-state index contributed by atoms with van der Waals surface area (Å²) in [6.45, 7) is 2.30. The zero-order chi connectivity index (χ0) is 13.6. The molecule has 0 unspecified atom stereocenters. The largest absolute Gasteiger partial charge is 0.328 e. The molecule has 0 aliphatic carbocycles. The highest BCUT2D eigenvalue weighted by atomic mass is 32.1. The molecule has 7 heteroatoms. The van der Waals surface area contributed by atoms with Gasteiger partial charge in [0.15, 0.2) is 10.6 Å². The van der Waals surface area contributed by atoms with E-state index in [1.807, 2.05) is 12.3 Å². The van der Waals surface area contributed by atoms with Crippen molar-refractivity contribution in [2.75, 3.05) is 0 Å². The van der Waals surface area contributed by atoms with Gasteiger partial charge in [-0.2, -0.15) is 0 Å². The molecule has 0 radical (unpaired) electrons. The second kappa shape index (κ2) is 4.50. The van der Waals surface area contributed by atoms with Crippen molar-refractivity contribution in [1.29, 1.82) is 0 Å². The van der Waals surface area contributed by atoms with E-state index in [4.69, 9.17) is 12.2 Å². The van der Waals surface area contributed by atoms with Gasteiger partial charge in [-0.1, -0.05) is 0 Å². The molecule has 2 aromatic heterocycles. The number of benzene rings is 1. The van der Waals surface area contributed by atoms with Crippen LogP contribution in [0.5, 0.6) is 0 Å². The van der Waals surface area contributed by atoms with Crippen LogP contribution in [0.2, 0.25) is 0 Å². The molecule has 19 heavy (non-hydrogen) atoms. The molecule has 0 aliphatic heterocycles. The Hall–Kier alpha value is -1.60. The topological polar surface area (TPSA) is 33.6 Å². The molecule has 0 aliphatic rings. The van der Waals surface area contributed by atoms with E-state index in [0.29, 0.717) is 16.8 Å². The monoisotopic (exact) mass is 297 g/mol. The summed E-state index contributed by atoms with van der Waals surface area (Å²) in [7, 11) is 0. The van der Waals surface area contributed by atoms with Crippen molar-refractivity contribution >= 4 is 34.6 Å². The third kappa shape index (κ3) is 2.19. The van der Waals surface area contributed by atoms with Crippen LogP contribution < -0.4 is 0 Å². The van der Waals surface area contributed by atoms with Gasteiger partial charge in [0.25, 0.3) is 0 Å². The Balaban J connectivity index is 2.18. The molecule has 3 aromatic rings. The second-order valence-corrected chi connectivity index (χ2v) is 5.51. The lowest BCUT2D eigenvalue weighted by Gasteiger charge is -2.02. The first-order chi connectivity index (χ1) is 9.04. The van der Waals surface area contributed by atoms with E-state index < -0.39 is 11.6 Å². The number of halogens is 2. The molecule has 0 spiro atoms. The number of nitrogens with one attached hydrogen (secondary N) is 1. The Labute approximate surface area is 116 Å². The molecule has 3 nitrogen and oxygen atoms in total. The third-order valence-electron chi connectivity index (χ3n) is 2.76. The van der Waals surface area contributed by atoms with Crippen molar-refractivity contribution in [3.63, 3.8) is 0 Å². The van der Waals surface area contributed by atoms with Crippen molar-refractivity contribution in [1.82, 2.24) is 14.5 Å². The Morgan fingerprint density at radius 2 is 2.21 bits per heavy atom. The second-order valence-electron chi connectivity index (χ2n) is 4.18. The van der Waals surface area contributed by atoms with Gasteiger partial charge in [0, 0.05) is 17.1 Å². The Kier molecular flexibility index (Phi) is 2.94. The van der Waals surface area contributed by atoms with Gasteiger partial charge in [0.2, 0.25) is 0 Å². The highest BCUT2D eigenvalue weighted by Gasteiger charge is 2.12. The molecule has 1 N–H and O–H groups in total. The standard InChI is InChI=1S/C12H9F2N3S2/c1-6-5-19-10(15-6)4-17-9-3-7(13)2-8(14)11(9)16-12(17)18/h2-3,5H,4H2,1H3,(H,16,18). The molecule has 2 heterocycles. The Morgan fingerprint density at radius 1 is 1.42 bits per heavy atom. The molecule has 98 valence electrons. The number of nitrogens with zero attached hydrogens (tertiary/aromatic N) is 2. The molecular formula is C12H9F2N3S2. The maximum atomic E-state index is 13.6. The number of aromatic nitrogens is 3. The number of rotatable bonds is 2. The lowest BCUT2D eigenvalue weighted by Crippen LogP contribution is -1.99. The van der Waals surface area contributed by atoms with Crippen LogP contribution in [0.3, 0.4) is 0 Å². The summed E-state index contributed by atoms with van der Waals surface area (Å²) in [4.78, 5) is 7.09. The summed E-state index contributed by atoms with van der Waals surface area (Å²) in [5, 5.41) is 2.77. The highest BCUT2D eigenvalue weighted by Crippen LogP contribution is 2.21. The average Bonchev–Trinajstić information content (AvgIpc) is 2.87. The normalized spacial score (nSPS) is 11.3. The number of fused-ring (bicyclic) bond motifs is 1. The van der Waals surface area contributed by atoms with E-state index in [1.165, 1.54) is 17.4 Å². The van der Waals surface area contributed by atoms with Crippen molar-refractivity contribution in [2.24, 2.45) is 0 Å². The van der Waals surface area contributed by atoms with Gasteiger partial charge in [-0.3, -0.25) is 0 Å². The van der Waals surface area contributed by atoms with Crippen molar-refractivity contribution in [3.05, 3.63) is 44.6 Å². The molecule has 0 saturated carbocycles. The van der Waals surface area contributed by atoms with Crippen molar-refractivity contribution in [3.8, 4) is 0 Å². The zero-order valence-electron chi connectivity index (χ0n) is 9.91. The molecule has 0 saturated heterocycles. The summed E-state index contributed by atoms with van der Waals surface area (Å²) >= 11 is 6.65. The number of imidazole rings is 1. The number of thiazole rings is 1. The van der Waals surface area contributed by atoms with Crippen molar-refractivity contribution < 1.29 is 8.78 Å². The van der Waals surface area contributed by atoms with Crippen LogP contribution in [0.15, 0.2) is 17.5 Å². The zero-order valence-corrected chi connectivity index (χ0v) is 11.5. The minimum Gasteiger partial charge on any atom is -0.328 e. The minimum absolute atomic E-state index is 0.222. The van der Waals surface area contributed by atoms with Crippen molar-refractivity contribution in [2.45, 2.75) is 13.5 Å². The summed E-state index contributed by atoms with van der Waals surface area (Å²) in [6.07, 6.45) is 0. The van der Waals surface area contributed by atoms with Gasteiger partial charge in [0.1, 0.15) is 16.3 Å². The minimum atomic E-state index is -0.643. The van der Waals surface area contributed by atoms with Crippen LogP contribution in [-0.2, 0) is 6.54 Å². The summed E-state index contributed by atoms with van der Waals surface area (Å²) < 4.78 is 29.0. The van der Waals surface area contributed by atoms with Gasteiger partial charge < -0.3 is 9.55 Å². The molecule has 0 fully saturated rings. The van der Waals surface area contributed by atoms with E-state index in [0.717, 1.165) is 16.8 Å². The smallest absolute Gasteiger partial charge is 0.178 e. The number of H-pyrrole nitrogens is 1. The van der Waals surface area contributed by atoms with Crippen LogP contribution in [0.25, 0.3) is 11.0 Å². The van der Waals surface area contributed by atoms with Crippen LogP contribution >= 0.6 is 23.6 Å². The quantitative estimate of drug-likeness (QED) is 0.730. The molecule has 3 rings (SSSR count). The first-order valence-corrected chi connectivity index (χ1v) is 6.82. The summed E-state index contributed by atoms with van der Waals surface area (Å²) in [6, 6.07) is 2.11. The van der Waals surface area contributed by atoms with E-state index in [1.54, 1.807) is 4.57 Å². The van der Waals surface area contributed by atoms with Gasteiger partial charge in [0.05, 0.1) is 12.1 Å². The number of aryl methyl sites for hydroxylation is 1. The third-order valence-corrected chi connectivity index (χ3v) is 4.04. The predicted octanol–water partition coefficient (Wildman–Crippen LogP) is 3.79. The fraction of sp³-hybridized carbons (Fsp3) is 0.167. The molecule has 0 amide bonds. The van der Waals surface area contributed by atoms with Crippen LogP contribution in [-0.4, -0.2) is 14.5 Å². The van der Waals surface area contributed by atoms with E-state index in [2.05, 4.69) is 9.97 Å². The highest BCUT2D eigenvalue weighted by molar-refractivity contribution is 7.71.